The molecule has 1 rings (SSSR count). The quantitative estimate of drug-likeness (QED) is 0.696. The Morgan fingerprint density at radius 2 is 1.78 bits per heavy atom. The van der Waals surface area contributed by atoms with Crippen LogP contribution >= 0.6 is 0 Å². The van der Waals surface area contributed by atoms with Crippen LogP contribution < -0.4 is 14.2 Å². The molecule has 0 N–H and O–H groups in total. The van der Waals surface area contributed by atoms with E-state index in [9.17, 15) is 0 Å². The van der Waals surface area contributed by atoms with Gasteiger partial charge in [-0.3, -0.25) is 0 Å². The number of nitrogens with zero attached hydrogens (tertiary/aromatic N) is 1. The van der Waals surface area contributed by atoms with Gasteiger partial charge >= 0.3 is 0 Å². The summed E-state index contributed by atoms with van der Waals surface area (Å²) < 4.78 is 16.3. The Hall–Kier alpha value is -1.42. The highest BCUT2D eigenvalue weighted by molar-refractivity contribution is 5.54. The minimum absolute atomic E-state index is 0.620. The normalized spacial score (nSPS) is 10.6. The second-order valence-electron chi connectivity index (χ2n) is 4.33. The maximum atomic E-state index is 5.73. The number of hydrogen-bond donors (Lipinski definition) is 0. The predicted molar refractivity (Wildman–Crippen MR) is 72.7 cm³/mol. The molecule has 18 heavy (non-hydrogen) atoms. The average molecular weight is 252 g/mol. The van der Waals surface area contributed by atoms with Crippen molar-refractivity contribution in [2.24, 2.45) is 0 Å². The summed E-state index contributed by atoms with van der Waals surface area (Å²) in [6.07, 6.45) is 0.958. The monoisotopic (exact) mass is 252 g/mol. The Balaban J connectivity index is 2.71. The van der Waals surface area contributed by atoms with Crippen LogP contribution in [0.25, 0.3) is 0 Å². The summed E-state index contributed by atoms with van der Waals surface area (Å²) in [5.74, 6) is 1.95. The zero-order valence-electron chi connectivity index (χ0n) is 11.7. The molecule has 1 aromatic carbocycles. The van der Waals surface area contributed by atoms with Gasteiger partial charge in [0.15, 0.2) is 11.5 Å². The first-order valence-corrected chi connectivity index (χ1v) is 5.94. The van der Waals surface area contributed by atoms with Crippen LogP contribution in [0.3, 0.4) is 0 Å². The summed E-state index contributed by atoms with van der Waals surface area (Å²) in [6, 6.07) is 3.68. The van der Waals surface area contributed by atoms with E-state index >= 15 is 0 Å². The second kappa shape index (κ2) is 7.11. The molecule has 0 amide bonds. The Morgan fingerprint density at radius 1 is 1.11 bits per heavy atom. The number of ether oxygens (including phenoxy) is 3. The smallest absolute Gasteiger partial charge is 0.203 e. The highest BCUT2D eigenvalue weighted by Gasteiger charge is 2.12. The maximum Gasteiger partial charge on any atom is 0.203 e. The van der Waals surface area contributed by atoms with Gasteiger partial charge in [-0.15, -0.1) is 0 Å². The summed E-state index contributed by atoms with van der Waals surface area (Å²) in [4.78, 5) is 2.12. The Kier molecular flexibility index (Phi) is 5.78. The van der Waals surface area contributed by atoms with E-state index in [2.05, 4.69) is 11.8 Å². The van der Waals surface area contributed by atoms with E-state index in [1.807, 2.05) is 26.2 Å². The molecule has 4 nitrogen and oxygen atoms in total. The van der Waals surface area contributed by atoms with Gasteiger partial charge in [-0.1, -0.05) is 0 Å². The fourth-order valence-electron chi connectivity index (χ4n) is 1.65. The number of benzene rings is 1. The van der Waals surface area contributed by atoms with Crippen molar-refractivity contribution in [3.63, 3.8) is 0 Å². The molecule has 0 aromatic heterocycles. The fourth-order valence-corrected chi connectivity index (χ4v) is 1.65. The molecule has 0 fully saturated rings. The number of methoxy groups -OCH3 is 2. The third kappa shape index (κ3) is 4.11. The zero-order chi connectivity index (χ0) is 13.5. The second-order valence-corrected chi connectivity index (χ2v) is 4.33. The van der Waals surface area contributed by atoms with Crippen LogP contribution in [-0.4, -0.2) is 46.4 Å². The van der Waals surface area contributed by atoms with Crippen LogP contribution in [0.1, 0.15) is 12.0 Å². The molecule has 4 heteroatoms. The fraction of sp³-hybridized carbons (Fsp3) is 0.500. The molecule has 0 unspecified atom stereocenters. The van der Waals surface area contributed by atoms with Crippen LogP contribution in [0.4, 0.5) is 0 Å². The first kappa shape index (κ1) is 14.6. The van der Waals surface area contributed by atoms with Crippen LogP contribution in [0.2, 0.25) is 0 Å². The van der Waals surface area contributed by atoms with E-state index in [0.717, 1.165) is 18.5 Å². The van der Waals surface area contributed by atoms with E-state index in [1.165, 1.54) is 0 Å². The summed E-state index contributed by atoms with van der Waals surface area (Å²) in [7, 11) is 7.29. The lowest BCUT2D eigenvalue weighted by Gasteiger charge is -2.15. The lowest BCUT2D eigenvalue weighted by atomic mass is 10.2. The molecule has 0 bridgehead atoms. The van der Waals surface area contributed by atoms with Crippen molar-refractivity contribution in [3.05, 3.63) is 24.6 Å². The topological polar surface area (TPSA) is 30.9 Å². The van der Waals surface area contributed by atoms with Gasteiger partial charge in [0.1, 0.15) is 0 Å². The molecule has 101 valence electrons. The van der Waals surface area contributed by atoms with Crippen molar-refractivity contribution in [1.82, 2.24) is 4.90 Å². The van der Waals surface area contributed by atoms with E-state index in [0.29, 0.717) is 23.9 Å². The highest BCUT2D eigenvalue weighted by Crippen LogP contribution is 2.38. The summed E-state index contributed by atoms with van der Waals surface area (Å²) >= 11 is 0. The molecule has 0 aliphatic rings. The largest absolute Gasteiger partial charge is 0.493 e. The molecule has 1 radical (unpaired) electrons. The molecule has 0 aliphatic heterocycles. The van der Waals surface area contributed by atoms with Crippen molar-refractivity contribution in [3.8, 4) is 17.2 Å². The van der Waals surface area contributed by atoms with E-state index in [1.54, 1.807) is 14.2 Å². The molecular formula is C14H22NO3. The molecule has 0 saturated carbocycles. The van der Waals surface area contributed by atoms with Crippen molar-refractivity contribution >= 4 is 0 Å². The van der Waals surface area contributed by atoms with Crippen LogP contribution in [0.15, 0.2) is 12.1 Å². The van der Waals surface area contributed by atoms with Crippen molar-refractivity contribution in [1.29, 1.82) is 0 Å². The standard InChI is InChI=1S/C14H22NO3/c1-11-9-12(16-4)14(17-5)13(10-11)18-8-6-7-15(2)3/h9-10H,1,6-8H2,2-5H3. The summed E-state index contributed by atoms with van der Waals surface area (Å²) in [5, 5.41) is 0. The zero-order valence-corrected chi connectivity index (χ0v) is 11.7. The van der Waals surface area contributed by atoms with Crippen LogP contribution in [0.5, 0.6) is 17.2 Å². The van der Waals surface area contributed by atoms with E-state index in [-0.39, 0.29) is 0 Å². The first-order valence-electron chi connectivity index (χ1n) is 5.94. The van der Waals surface area contributed by atoms with Gasteiger partial charge in [0.25, 0.3) is 0 Å². The molecule has 1 aromatic rings. The SMILES string of the molecule is [CH2]c1cc(OC)c(OC)c(OCCCN(C)C)c1. The van der Waals surface area contributed by atoms with Crippen molar-refractivity contribution in [2.75, 3.05) is 41.5 Å². The summed E-state index contributed by atoms with van der Waals surface area (Å²) in [5.41, 5.74) is 0.843. The van der Waals surface area contributed by atoms with Gasteiger partial charge in [-0.2, -0.15) is 0 Å². The Morgan fingerprint density at radius 3 is 2.33 bits per heavy atom. The Bertz CT molecular complexity index is 378. The summed E-state index contributed by atoms with van der Waals surface area (Å²) in [6.45, 7) is 5.53. The lowest BCUT2D eigenvalue weighted by molar-refractivity contribution is 0.262. The van der Waals surface area contributed by atoms with Gasteiger partial charge in [0.05, 0.1) is 20.8 Å². The molecular weight excluding hydrogens is 230 g/mol. The van der Waals surface area contributed by atoms with Gasteiger partial charge in [-0.05, 0) is 45.1 Å². The third-order valence-electron chi connectivity index (χ3n) is 2.51. The van der Waals surface area contributed by atoms with Crippen LogP contribution in [0, 0.1) is 6.92 Å². The predicted octanol–water partition coefficient (Wildman–Crippen LogP) is 2.22. The molecule has 0 saturated heterocycles. The van der Waals surface area contributed by atoms with Gasteiger partial charge in [0.2, 0.25) is 5.75 Å². The lowest BCUT2D eigenvalue weighted by Crippen LogP contribution is -2.15. The molecule has 0 atom stereocenters. The van der Waals surface area contributed by atoms with Gasteiger partial charge < -0.3 is 19.1 Å². The Labute approximate surface area is 109 Å². The molecule has 0 heterocycles. The van der Waals surface area contributed by atoms with Crippen molar-refractivity contribution < 1.29 is 14.2 Å². The number of rotatable bonds is 7. The maximum absolute atomic E-state index is 5.73. The minimum atomic E-state index is 0.620. The van der Waals surface area contributed by atoms with Gasteiger partial charge in [-0.25, -0.2) is 0 Å². The first-order chi connectivity index (χ1) is 8.58. The molecule has 0 spiro atoms. The van der Waals surface area contributed by atoms with Crippen molar-refractivity contribution in [2.45, 2.75) is 6.42 Å². The average Bonchev–Trinajstić information content (AvgIpc) is 2.33. The van der Waals surface area contributed by atoms with E-state index in [4.69, 9.17) is 14.2 Å². The molecule has 0 aliphatic carbocycles. The van der Waals surface area contributed by atoms with Crippen LogP contribution in [-0.2, 0) is 0 Å². The highest BCUT2D eigenvalue weighted by atomic mass is 16.5. The minimum Gasteiger partial charge on any atom is -0.493 e. The van der Waals surface area contributed by atoms with E-state index < -0.39 is 0 Å². The number of hydrogen-bond acceptors (Lipinski definition) is 4. The third-order valence-corrected chi connectivity index (χ3v) is 2.51. The van der Waals surface area contributed by atoms with Gasteiger partial charge in [0, 0.05) is 6.54 Å².